The first-order valence-corrected chi connectivity index (χ1v) is 10.7. The third-order valence-corrected chi connectivity index (χ3v) is 7.25. The molecule has 2 amide bonds. The van der Waals surface area contributed by atoms with Crippen LogP contribution in [-0.4, -0.2) is 18.4 Å². The van der Waals surface area contributed by atoms with Crippen molar-refractivity contribution in [1.82, 2.24) is 5.32 Å². The van der Waals surface area contributed by atoms with Gasteiger partial charge in [0.2, 0.25) is 11.8 Å². The van der Waals surface area contributed by atoms with Crippen molar-refractivity contribution in [2.45, 2.75) is 58.3 Å². The first kappa shape index (κ1) is 18.8. The Labute approximate surface area is 166 Å². The van der Waals surface area contributed by atoms with E-state index >= 15 is 0 Å². The molecule has 1 aromatic carbocycles. The molecule has 0 saturated heterocycles. The number of hydrogen-bond donors (Lipinski definition) is 2. The van der Waals surface area contributed by atoms with E-state index in [-0.39, 0.29) is 17.2 Å². The summed E-state index contributed by atoms with van der Waals surface area (Å²) < 4.78 is 0. The second-order valence-electron chi connectivity index (χ2n) is 9.07. The van der Waals surface area contributed by atoms with Gasteiger partial charge in [-0.25, -0.2) is 0 Å². The SMILES string of the molecule is Cc1ccc(NC(=O)CCCNC(=O)C23CC4CC(CC(C4)C2)C3)cc1Cl. The van der Waals surface area contributed by atoms with Gasteiger partial charge in [0.25, 0.3) is 0 Å². The molecule has 2 N–H and O–H groups in total. The van der Waals surface area contributed by atoms with Gasteiger partial charge in [-0.15, -0.1) is 0 Å². The molecular weight excluding hydrogens is 360 g/mol. The summed E-state index contributed by atoms with van der Waals surface area (Å²) in [5.74, 6) is 2.52. The van der Waals surface area contributed by atoms with E-state index in [2.05, 4.69) is 10.6 Å². The maximum Gasteiger partial charge on any atom is 0.226 e. The Hall–Kier alpha value is -1.55. The molecule has 0 atom stereocenters. The molecule has 146 valence electrons. The molecule has 5 heteroatoms. The van der Waals surface area contributed by atoms with E-state index in [1.165, 1.54) is 19.3 Å². The van der Waals surface area contributed by atoms with Crippen LogP contribution < -0.4 is 10.6 Å². The highest BCUT2D eigenvalue weighted by molar-refractivity contribution is 6.31. The summed E-state index contributed by atoms with van der Waals surface area (Å²) in [6.07, 6.45) is 8.33. The van der Waals surface area contributed by atoms with E-state index in [0.717, 1.165) is 42.6 Å². The topological polar surface area (TPSA) is 58.2 Å². The van der Waals surface area contributed by atoms with Crippen molar-refractivity contribution in [2.24, 2.45) is 23.2 Å². The average molecular weight is 389 g/mol. The van der Waals surface area contributed by atoms with Crippen molar-refractivity contribution < 1.29 is 9.59 Å². The Morgan fingerprint density at radius 1 is 1.11 bits per heavy atom. The summed E-state index contributed by atoms with van der Waals surface area (Å²) in [5, 5.41) is 6.65. The van der Waals surface area contributed by atoms with Gasteiger partial charge in [-0.1, -0.05) is 17.7 Å². The van der Waals surface area contributed by atoms with Crippen molar-refractivity contribution in [3.8, 4) is 0 Å². The summed E-state index contributed by atoms with van der Waals surface area (Å²) in [6, 6.07) is 5.52. The second-order valence-corrected chi connectivity index (χ2v) is 9.48. The number of carbonyl (C=O) groups excluding carboxylic acids is 2. The number of hydrogen-bond acceptors (Lipinski definition) is 2. The Morgan fingerprint density at radius 3 is 2.33 bits per heavy atom. The summed E-state index contributed by atoms with van der Waals surface area (Å²) in [5.41, 5.74) is 1.60. The fourth-order valence-electron chi connectivity index (χ4n) is 5.92. The Kier molecular flexibility index (Phi) is 5.19. The van der Waals surface area contributed by atoms with E-state index in [0.29, 0.717) is 30.1 Å². The minimum Gasteiger partial charge on any atom is -0.356 e. The molecule has 4 bridgehead atoms. The van der Waals surface area contributed by atoms with Crippen LogP contribution in [0.15, 0.2) is 18.2 Å². The van der Waals surface area contributed by atoms with Gasteiger partial charge in [0, 0.05) is 29.1 Å². The van der Waals surface area contributed by atoms with Gasteiger partial charge < -0.3 is 10.6 Å². The molecule has 0 aromatic heterocycles. The number of carbonyl (C=O) groups is 2. The maximum absolute atomic E-state index is 12.9. The van der Waals surface area contributed by atoms with Crippen molar-refractivity contribution in [3.05, 3.63) is 28.8 Å². The number of aryl methyl sites for hydroxylation is 1. The summed E-state index contributed by atoms with van der Waals surface area (Å²) in [6.45, 7) is 2.50. The zero-order valence-corrected chi connectivity index (χ0v) is 16.8. The third kappa shape index (κ3) is 4.01. The Bertz CT molecular complexity index is 711. The molecule has 0 spiro atoms. The smallest absolute Gasteiger partial charge is 0.226 e. The van der Waals surface area contributed by atoms with Gasteiger partial charge in [-0.2, -0.15) is 0 Å². The Morgan fingerprint density at radius 2 is 1.74 bits per heavy atom. The Balaban J connectivity index is 1.21. The lowest BCUT2D eigenvalue weighted by atomic mass is 9.49. The van der Waals surface area contributed by atoms with Crippen LogP contribution in [0.1, 0.15) is 56.9 Å². The molecule has 0 radical (unpaired) electrons. The second kappa shape index (κ2) is 7.46. The maximum atomic E-state index is 12.9. The molecule has 4 aliphatic carbocycles. The number of anilines is 1. The zero-order valence-electron chi connectivity index (χ0n) is 16.0. The van der Waals surface area contributed by atoms with Gasteiger partial charge in [-0.3, -0.25) is 9.59 Å². The number of halogens is 1. The number of nitrogens with one attached hydrogen (secondary N) is 2. The molecular formula is C22H29ClN2O2. The summed E-state index contributed by atoms with van der Waals surface area (Å²) >= 11 is 6.09. The molecule has 0 unspecified atom stereocenters. The van der Waals surface area contributed by atoms with E-state index in [4.69, 9.17) is 11.6 Å². The number of benzene rings is 1. The van der Waals surface area contributed by atoms with Crippen LogP contribution in [0.25, 0.3) is 0 Å². The highest BCUT2D eigenvalue weighted by atomic mass is 35.5. The highest BCUT2D eigenvalue weighted by Gasteiger charge is 2.54. The molecule has 0 heterocycles. The number of amides is 2. The molecule has 1 aromatic rings. The average Bonchev–Trinajstić information content (AvgIpc) is 2.60. The normalized spacial score (nSPS) is 31.0. The number of rotatable bonds is 6. The first-order chi connectivity index (χ1) is 12.9. The predicted molar refractivity (Wildman–Crippen MR) is 108 cm³/mol. The van der Waals surface area contributed by atoms with Crippen LogP contribution in [0.4, 0.5) is 5.69 Å². The fraction of sp³-hybridized carbons (Fsp3) is 0.636. The van der Waals surface area contributed by atoms with Gasteiger partial charge in [-0.05, 0) is 87.3 Å². The summed E-state index contributed by atoms with van der Waals surface area (Å²) in [7, 11) is 0. The lowest BCUT2D eigenvalue weighted by molar-refractivity contribution is -0.146. The molecule has 5 rings (SSSR count). The van der Waals surface area contributed by atoms with E-state index < -0.39 is 0 Å². The molecule has 0 aliphatic heterocycles. The molecule has 4 fully saturated rings. The van der Waals surface area contributed by atoms with Crippen LogP contribution in [0, 0.1) is 30.1 Å². The van der Waals surface area contributed by atoms with Gasteiger partial charge in [0.15, 0.2) is 0 Å². The monoisotopic (exact) mass is 388 g/mol. The van der Waals surface area contributed by atoms with E-state index in [1.807, 2.05) is 19.1 Å². The summed E-state index contributed by atoms with van der Waals surface area (Å²) in [4.78, 5) is 25.0. The largest absolute Gasteiger partial charge is 0.356 e. The highest BCUT2D eigenvalue weighted by Crippen LogP contribution is 2.60. The lowest BCUT2D eigenvalue weighted by Crippen LogP contribution is -2.53. The minimum atomic E-state index is -0.102. The van der Waals surface area contributed by atoms with E-state index in [1.54, 1.807) is 6.07 Å². The quantitative estimate of drug-likeness (QED) is 0.694. The minimum absolute atomic E-state index is 0.0426. The van der Waals surface area contributed by atoms with E-state index in [9.17, 15) is 9.59 Å². The predicted octanol–water partition coefficient (Wildman–Crippen LogP) is 4.70. The van der Waals surface area contributed by atoms with Crippen molar-refractivity contribution in [1.29, 1.82) is 0 Å². The van der Waals surface area contributed by atoms with Crippen LogP contribution in [0.3, 0.4) is 0 Å². The van der Waals surface area contributed by atoms with Gasteiger partial charge >= 0.3 is 0 Å². The van der Waals surface area contributed by atoms with Crippen molar-refractivity contribution >= 4 is 29.1 Å². The van der Waals surface area contributed by atoms with Crippen molar-refractivity contribution in [2.75, 3.05) is 11.9 Å². The molecule has 4 nitrogen and oxygen atoms in total. The van der Waals surface area contributed by atoms with Crippen LogP contribution >= 0.6 is 11.6 Å². The fourth-order valence-corrected chi connectivity index (χ4v) is 6.10. The zero-order chi connectivity index (χ0) is 19.0. The van der Waals surface area contributed by atoms with Crippen LogP contribution in [0.2, 0.25) is 5.02 Å². The lowest BCUT2D eigenvalue weighted by Gasteiger charge is -2.55. The molecule has 4 aliphatic rings. The first-order valence-electron chi connectivity index (χ1n) is 10.3. The van der Waals surface area contributed by atoms with Gasteiger partial charge in [0.05, 0.1) is 0 Å². The van der Waals surface area contributed by atoms with Crippen molar-refractivity contribution in [3.63, 3.8) is 0 Å². The molecule has 4 saturated carbocycles. The third-order valence-electron chi connectivity index (χ3n) is 6.84. The standard InChI is InChI=1S/C22H29ClN2O2/c1-14-4-5-18(10-19(14)23)25-20(26)3-2-6-24-21(27)22-11-15-7-16(12-22)9-17(8-15)13-22/h4-5,10,15-17H,2-3,6-9,11-13H2,1H3,(H,24,27)(H,25,26). The van der Waals surface area contributed by atoms with Gasteiger partial charge in [0.1, 0.15) is 0 Å². The van der Waals surface area contributed by atoms with Crippen LogP contribution in [-0.2, 0) is 9.59 Å². The molecule has 27 heavy (non-hydrogen) atoms. The van der Waals surface area contributed by atoms with Crippen LogP contribution in [0.5, 0.6) is 0 Å².